The van der Waals surface area contributed by atoms with E-state index < -0.39 is 5.60 Å². The van der Waals surface area contributed by atoms with Gasteiger partial charge in [-0.25, -0.2) is 4.79 Å². The molecule has 148 valence electrons. The van der Waals surface area contributed by atoms with E-state index in [1.165, 1.54) is 25.9 Å². The lowest BCUT2D eigenvalue weighted by atomic mass is 10.2. The number of carbonyl (C=O) groups excluding carboxylic acids is 1. The number of aliphatic imine (C=N–C) groups is 1. The Morgan fingerprint density at radius 2 is 2.00 bits per heavy atom. The predicted molar refractivity (Wildman–Crippen MR) is 103 cm³/mol. The van der Waals surface area contributed by atoms with E-state index in [0.29, 0.717) is 19.1 Å². The summed E-state index contributed by atoms with van der Waals surface area (Å²) in [5.41, 5.74) is -0.447. The van der Waals surface area contributed by atoms with Gasteiger partial charge in [-0.3, -0.25) is 9.89 Å². The first-order chi connectivity index (χ1) is 12.4. The fourth-order valence-electron chi connectivity index (χ4n) is 4.07. The van der Waals surface area contributed by atoms with Gasteiger partial charge in [-0.15, -0.1) is 0 Å². The van der Waals surface area contributed by atoms with Crippen molar-refractivity contribution in [3.05, 3.63) is 0 Å². The smallest absolute Gasteiger partial charge is 0.410 e. The standard InChI is InChI=1S/C19H35N5O2/c1-5-15(22-8-6-7-9-22)12-20-17-21-13-16-14-23(10-11-24(16)17)18(25)26-19(2,3)4/h15-16H,5-14H2,1-4H3,(H,20,21). The van der Waals surface area contributed by atoms with Gasteiger partial charge < -0.3 is 19.9 Å². The number of fused-ring (bicyclic) bond motifs is 1. The molecule has 2 unspecified atom stereocenters. The van der Waals surface area contributed by atoms with Crippen LogP contribution in [0, 0.1) is 0 Å². The van der Waals surface area contributed by atoms with Crippen LogP contribution in [0.3, 0.4) is 0 Å². The van der Waals surface area contributed by atoms with Gasteiger partial charge in [0.2, 0.25) is 0 Å². The second-order valence-corrected chi connectivity index (χ2v) is 8.62. The van der Waals surface area contributed by atoms with Crippen molar-refractivity contribution in [1.29, 1.82) is 0 Å². The van der Waals surface area contributed by atoms with E-state index in [9.17, 15) is 4.79 Å². The highest BCUT2D eigenvalue weighted by Crippen LogP contribution is 2.19. The average molecular weight is 366 g/mol. The molecule has 0 bridgehead atoms. The summed E-state index contributed by atoms with van der Waals surface area (Å²) >= 11 is 0. The molecule has 1 amide bonds. The molecule has 0 saturated carbocycles. The number of rotatable bonds is 4. The lowest BCUT2D eigenvalue weighted by Gasteiger charge is -2.39. The van der Waals surface area contributed by atoms with Crippen LogP contribution in [0.25, 0.3) is 0 Å². The van der Waals surface area contributed by atoms with Gasteiger partial charge in [-0.05, 0) is 53.1 Å². The van der Waals surface area contributed by atoms with Crippen molar-refractivity contribution in [3.63, 3.8) is 0 Å². The molecular weight excluding hydrogens is 330 g/mol. The first kappa shape index (κ1) is 19.3. The van der Waals surface area contributed by atoms with E-state index in [4.69, 9.17) is 9.73 Å². The van der Waals surface area contributed by atoms with Crippen molar-refractivity contribution >= 4 is 12.1 Å². The highest BCUT2D eigenvalue weighted by molar-refractivity contribution is 5.82. The summed E-state index contributed by atoms with van der Waals surface area (Å²) in [6.45, 7) is 14.3. The molecule has 3 heterocycles. The van der Waals surface area contributed by atoms with E-state index in [2.05, 4.69) is 22.0 Å². The van der Waals surface area contributed by atoms with Gasteiger partial charge in [-0.1, -0.05) is 6.92 Å². The first-order valence-electron chi connectivity index (χ1n) is 10.1. The SMILES string of the molecule is CCC(CNC1=NCC2CN(C(=O)OC(C)(C)C)CCN12)N1CCCC1. The van der Waals surface area contributed by atoms with Crippen LogP contribution in [0.15, 0.2) is 4.99 Å². The highest BCUT2D eigenvalue weighted by atomic mass is 16.6. The Bertz CT molecular complexity index is 525. The topological polar surface area (TPSA) is 60.4 Å². The second kappa shape index (κ2) is 8.03. The normalized spacial score (nSPS) is 25.1. The van der Waals surface area contributed by atoms with Gasteiger partial charge in [0.15, 0.2) is 5.96 Å². The summed E-state index contributed by atoms with van der Waals surface area (Å²) < 4.78 is 5.51. The third-order valence-electron chi connectivity index (χ3n) is 5.48. The molecule has 2 saturated heterocycles. The van der Waals surface area contributed by atoms with Crippen molar-refractivity contribution < 1.29 is 9.53 Å². The van der Waals surface area contributed by atoms with Crippen molar-refractivity contribution in [2.75, 3.05) is 45.8 Å². The molecule has 0 aliphatic carbocycles. The number of ether oxygens (including phenoxy) is 1. The van der Waals surface area contributed by atoms with E-state index >= 15 is 0 Å². The van der Waals surface area contributed by atoms with E-state index in [1.54, 1.807) is 0 Å². The van der Waals surface area contributed by atoms with Gasteiger partial charge in [0.1, 0.15) is 5.60 Å². The van der Waals surface area contributed by atoms with E-state index in [-0.39, 0.29) is 12.1 Å². The fourth-order valence-corrected chi connectivity index (χ4v) is 4.07. The van der Waals surface area contributed by atoms with E-state index in [0.717, 1.165) is 32.0 Å². The summed E-state index contributed by atoms with van der Waals surface area (Å²) in [5, 5.41) is 3.59. The van der Waals surface area contributed by atoms with Gasteiger partial charge >= 0.3 is 6.09 Å². The predicted octanol–water partition coefficient (Wildman–Crippen LogP) is 1.74. The fraction of sp³-hybridized carbons (Fsp3) is 0.895. The molecule has 7 nitrogen and oxygen atoms in total. The van der Waals surface area contributed by atoms with Crippen LogP contribution in [-0.4, -0.2) is 90.3 Å². The van der Waals surface area contributed by atoms with Crippen LogP contribution in [-0.2, 0) is 4.74 Å². The molecular formula is C19H35N5O2. The number of hydrogen-bond acceptors (Lipinski definition) is 6. The maximum Gasteiger partial charge on any atom is 0.410 e. The molecule has 3 aliphatic heterocycles. The summed E-state index contributed by atoms with van der Waals surface area (Å²) in [6.07, 6.45) is 3.60. The average Bonchev–Trinajstić information content (AvgIpc) is 3.23. The minimum Gasteiger partial charge on any atom is -0.444 e. The Morgan fingerprint density at radius 1 is 1.27 bits per heavy atom. The summed E-state index contributed by atoms with van der Waals surface area (Å²) in [6, 6.07) is 0.855. The summed E-state index contributed by atoms with van der Waals surface area (Å²) in [4.78, 5) is 23.8. The number of nitrogens with zero attached hydrogens (tertiary/aromatic N) is 4. The Morgan fingerprint density at radius 3 is 2.65 bits per heavy atom. The van der Waals surface area contributed by atoms with Crippen LogP contribution in [0.5, 0.6) is 0 Å². The number of hydrogen-bond donors (Lipinski definition) is 1. The van der Waals surface area contributed by atoms with Crippen LogP contribution in [0.4, 0.5) is 4.79 Å². The van der Waals surface area contributed by atoms with Gasteiger partial charge in [0.05, 0.1) is 12.6 Å². The number of nitrogens with one attached hydrogen (secondary N) is 1. The Labute approximate surface area is 157 Å². The summed E-state index contributed by atoms with van der Waals surface area (Å²) in [5.74, 6) is 1.01. The number of carbonyl (C=O) groups is 1. The van der Waals surface area contributed by atoms with Crippen LogP contribution < -0.4 is 5.32 Å². The Kier molecular flexibility index (Phi) is 5.95. The van der Waals surface area contributed by atoms with Crippen LogP contribution >= 0.6 is 0 Å². The van der Waals surface area contributed by atoms with Crippen molar-refractivity contribution in [2.45, 2.75) is 64.6 Å². The molecule has 0 spiro atoms. The molecule has 0 aromatic rings. The molecule has 26 heavy (non-hydrogen) atoms. The lowest BCUT2D eigenvalue weighted by Crippen LogP contribution is -2.58. The van der Waals surface area contributed by atoms with Gasteiger partial charge in [0.25, 0.3) is 0 Å². The zero-order valence-corrected chi connectivity index (χ0v) is 16.8. The number of piperazine rings is 1. The highest BCUT2D eigenvalue weighted by Gasteiger charge is 2.36. The maximum absolute atomic E-state index is 12.3. The lowest BCUT2D eigenvalue weighted by molar-refractivity contribution is 0.0137. The van der Waals surface area contributed by atoms with Gasteiger partial charge in [0, 0.05) is 32.2 Å². The first-order valence-corrected chi connectivity index (χ1v) is 10.1. The molecule has 3 aliphatic rings. The third-order valence-corrected chi connectivity index (χ3v) is 5.48. The van der Waals surface area contributed by atoms with Crippen molar-refractivity contribution in [2.24, 2.45) is 4.99 Å². The monoisotopic (exact) mass is 365 g/mol. The molecule has 1 N–H and O–H groups in total. The van der Waals surface area contributed by atoms with Gasteiger partial charge in [-0.2, -0.15) is 0 Å². The Balaban J connectivity index is 1.48. The minimum atomic E-state index is -0.447. The van der Waals surface area contributed by atoms with Crippen LogP contribution in [0.1, 0.15) is 47.0 Å². The van der Waals surface area contributed by atoms with Crippen molar-refractivity contribution in [1.82, 2.24) is 20.0 Å². The zero-order valence-electron chi connectivity index (χ0n) is 16.8. The largest absolute Gasteiger partial charge is 0.444 e. The second-order valence-electron chi connectivity index (χ2n) is 8.62. The molecule has 0 radical (unpaired) electrons. The maximum atomic E-state index is 12.3. The molecule has 0 aromatic carbocycles. The molecule has 3 rings (SSSR count). The summed E-state index contributed by atoms with van der Waals surface area (Å²) in [7, 11) is 0. The third kappa shape index (κ3) is 4.61. The minimum absolute atomic E-state index is 0.210. The number of guanidine groups is 1. The number of likely N-dealkylation sites (tertiary alicyclic amines) is 1. The van der Waals surface area contributed by atoms with E-state index in [1.807, 2.05) is 25.7 Å². The Hall–Kier alpha value is -1.50. The molecule has 7 heteroatoms. The van der Waals surface area contributed by atoms with Crippen LogP contribution in [0.2, 0.25) is 0 Å². The molecule has 2 fully saturated rings. The zero-order chi connectivity index (χ0) is 18.7. The number of amides is 1. The van der Waals surface area contributed by atoms with Crippen molar-refractivity contribution in [3.8, 4) is 0 Å². The quantitative estimate of drug-likeness (QED) is 0.822. The molecule has 2 atom stereocenters. The molecule has 0 aromatic heterocycles.